The van der Waals surface area contributed by atoms with Crippen molar-refractivity contribution >= 4 is 24.8 Å². The Labute approximate surface area is 153 Å². The summed E-state index contributed by atoms with van der Waals surface area (Å²) < 4.78 is 0. The highest BCUT2D eigenvalue weighted by atomic mass is 35.5. The molecular formula is C19H31Cl2NO. The van der Waals surface area contributed by atoms with Gasteiger partial charge in [-0.2, -0.15) is 0 Å². The molecule has 2 atom stereocenters. The molecule has 0 unspecified atom stereocenters. The van der Waals surface area contributed by atoms with Gasteiger partial charge >= 0.3 is 0 Å². The zero-order chi connectivity index (χ0) is 14.5. The standard InChI is InChI=1S/C19H29NO.2ClH/c21-19-15-20(14-17-9-5-2-6-10-17)12-11-18(19)13-16-7-3-1-4-8-16;;/h2,5-6,9-10,16,18-19,21H,1,3-4,7-8,11-15H2;2*1H/t18-,19+;;/m0../s1. The summed E-state index contributed by atoms with van der Waals surface area (Å²) in [5.74, 6) is 1.43. The van der Waals surface area contributed by atoms with Crippen LogP contribution in [0.2, 0.25) is 0 Å². The number of benzene rings is 1. The molecule has 4 heteroatoms. The Bertz CT molecular complexity index is 423. The van der Waals surface area contributed by atoms with E-state index in [0.717, 1.165) is 25.6 Å². The Hall–Kier alpha value is -0.280. The van der Waals surface area contributed by atoms with Crippen LogP contribution in [-0.4, -0.2) is 29.2 Å². The number of aliphatic hydroxyl groups excluding tert-OH is 1. The Morgan fingerprint density at radius 3 is 2.30 bits per heavy atom. The highest BCUT2D eigenvalue weighted by molar-refractivity contribution is 5.85. The van der Waals surface area contributed by atoms with Crippen molar-refractivity contribution in [3.63, 3.8) is 0 Å². The predicted molar refractivity (Wildman–Crippen MR) is 102 cm³/mol. The van der Waals surface area contributed by atoms with Crippen LogP contribution in [0.15, 0.2) is 30.3 Å². The molecule has 2 aliphatic rings. The highest BCUT2D eigenvalue weighted by Crippen LogP contribution is 2.33. The normalized spacial score (nSPS) is 26.1. The van der Waals surface area contributed by atoms with Crippen LogP contribution in [0.1, 0.15) is 50.5 Å². The molecule has 3 rings (SSSR count). The lowest BCUT2D eigenvalue weighted by atomic mass is 9.79. The van der Waals surface area contributed by atoms with Gasteiger partial charge in [-0.05, 0) is 36.8 Å². The van der Waals surface area contributed by atoms with Gasteiger partial charge in [0.25, 0.3) is 0 Å². The van der Waals surface area contributed by atoms with E-state index < -0.39 is 0 Å². The zero-order valence-corrected chi connectivity index (χ0v) is 15.5. The smallest absolute Gasteiger partial charge is 0.0695 e. The summed E-state index contributed by atoms with van der Waals surface area (Å²) >= 11 is 0. The van der Waals surface area contributed by atoms with Crippen molar-refractivity contribution in [2.24, 2.45) is 11.8 Å². The number of hydrogen-bond donors (Lipinski definition) is 1. The molecule has 1 aromatic carbocycles. The van der Waals surface area contributed by atoms with E-state index in [1.165, 1.54) is 50.5 Å². The van der Waals surface area contributed by atoms with Crippen molar-refractivity contribution in [2.45, 2.75) is 57.6 Å². The van der Waals surface area contributed by atoms with E-state index in [0.29, 0.717) is 5.92 Å². The van der Waals surface area contributed by atoms with E-state index in [2.05, 4.69) is 35.2 Å². The molecule has 0 bridgehead atoms. The first kappa shape index (κ1) is 20.8. The minimum atomic E-state index is -0.121. The van der Waals surface area contributed by atoms with Crippen LogP contribution >= 0.6 is 24.8 Å². The number of nitrogens with zero attached hydrogens (tertiary/aromatic N) is 1. The first-order chi connectivity index (χ1) is 10.3. The fourth-order valence-electron chi connectivity index (χ4n) is 4.16. The van der Waals surface area contributed by atoms with Gasteiger partial charge in [0.05, 0.1) is 6.10 Å². The number of hydrogen-bond acceptors (Lipinski definition) is 2. The number of aliphatic hydroxyl groups is 1. The molecule has 1 aromatic rings. The minimum absolute atomic E-state index is 0. The molecule has 2 nitrogen and oxygen atoms in total. The minimum Gasteiger partial charge on any atom is -0.392 e. The second-order valence-corrected chi connectivity index (χ2v) is 7.08. The largest absolute Gasteiger partial charge is 0.392 e. The van der Waals surface area contributed by atoms with Gasteiger partial charge in [0, 0.05) is 13.1 Å². The number of likely N-dealkylation sites (tertiary alicyclic amines) is 1. The topological polar surface area (TPSA) is 23.5 Å². The molecule has 2 fully saturated rings. The lowest BCUT2D eigenvalue weighted by molar-refractivity contribution is 0.00654. The molecule has 1 aliphatic heterocycles. The number of halogens is 2. The first-order valence-corrected chi connectivity index (χ1v) is 8.75. The summed E-state index contributed by atoms with van der Waals surface area (Å²) in [6.07, 6.45) is 9.36. The molecule has 1 aliphatic carbocycles. The van der Waals surface area contributed by atoms with Crippen molar-refractivity contribution in [2.75, 3.05) is 13.1 Å². The van der Waals surface area contributed by atoms with Crippen LogP contribution in [0.3, 0.4) is 0 Å². The molecule has 132 valence electrons. The van der Waals surface area contributed by atoms with Crippen molar-refractivity contribution in [1.29, 1.82) is 0 Å². The van der Waals surface area contributed by atoms with Gasteiger partial charge in [-0.1, -0.05) is 62.4 Å². The SMILES string of the molecule is Cl.Cl.O[C@@H]1CN(Cc2ccccc2)CC[C@H]1CC1CCCCC1. The average Bonchev–Trinajstić information content (AvgIpc) is 2.52. The van der Waals surface area contributed by atoms with Crippen molar-refractivity contribution in [3.05, 3.63) is 35.9 Å². The fraction of sp³-hybridized carbons (Fsp3) is 0.684. The maximum atomic E-state index is 10.5. The number of β-amino-alcohol motifs (C(OH)–C–C–N with tert-alkyl or cyclic N) is 1. The third-order valence-electron chi connectivity index (χ3n) is 5.42. The van der Waals surface area contributed by atoms with Crippen LogP contribution in [0.4, 0.5) is 0 Å². The van der Waals surface area contributed by atoms with E-state index in [9.17, 15) is 5.11 Å². The van der Waals surface area contributed by atoms with E-state index in [4.69, 9.17) is 0 Å². The molecule has 0 amide bonds. The summed E-state index contributed by atoms with van der Waals surface area (Å²) in [7, 11) is 0. The monoisotopic (exact) mass is 359 g/mol. The summed E-state index contributed by atoms with van der Waals surface area (Å²) in [6.45, 7) is 2.98. The van der Waals surface area contributed by atoms with Gasteiger partial charge in [0.1, 0.15) is 0 Å². The summed E-state index contributed by atoms with van der Waals surface area (Å²) in [5.41, 5.74) is 1.36. The van der Waals surface area contributed by atoms with Gasteiger partial charge in [-0.3, -0.25) is 4.90 Å². The van der Waals surface area contributed by atoms with Gasteiger partial charge in [0.15, 0.2) is 0 Å². The molecule has 1 heterocycles. The highest BCUT2D eigenvalue weighted by Gasteiger charge is 2.30. The fourth-order valence-corrected chi connectivity index (χ4v) is 4.16. The van der Waals surface area contributed by atoms with Crippen LogP contribution in [-0.2, 0) is 6.54 Å². The molecule has 1 saturated heterocycles. The van der Waals surface area contributed by atoms with Crippen molar-refractivity contribution in [3.8, 4) is 0 Å². The van der Waals surface area contributed by atoms with Gasteiger partial charge < -0.3 is 5.11 Å². The third-order valence-corrected chi connectivity index (χ3v) is 5.42. The van der Waals surface area contributed by atoms with Crippen LogP contribution in [0.25, 0.3) is 0 Å². The maximum Gasteiger partial charge on any atom is 0.0695 e. The lowest BCUT2D eigenvalue weighted by Crippen LogP contribution is -2.44. The molecule has 0 aromatic heterocycles. The molecule has 0 spiro atoms. The van der Waals surface area contributed by atoms with E-state index >= 15 is 0 Å². The van der Waals surface area contributed by atoms with E-state index in [1.54, 1.807) is 0 Å². The summed E-state index contributed by atoms with van der Waals surface area (Å²) in [5, 5.41) is 10.5. The van der Waals surface area contributed by atoms with Gasteiger partial charge in [-0.25, -0.2) is 0 Å². The number of piperidine rings is 1. The van der Waals surface area contributed by atoms with E-state index in [-0.39, 0.29) is 30.9 Å². The third kappa shape index (κ3) is 6.26. The Balaban J connectivity index is 0.00000132. The lowest BCUT2D eigenvalue weighted by Gasteiger charge is -2.38. The second-order valence-electron chi connectivity index (χ2n) is 7.08. The van der Waals surface area contributed by atoms with Crippen LogP contribution in [0, 0.1) is 11.8 Å². The Morgan fingerprint density at radius 2 is 1.65 bits per heavy atom. The second kappa shape index (κ2) is 10.6. The zero-order valence-electron chi connectivity index (χ0n) is 13.9. The molecule has 1 saturated carbocycles. The maximum absolute atomic E-state index is 10.5. The Morgan fingerprint density at radius 1 is 0.957 bits per heavy atom. The van der Waals surface area contributed by atoms with Crippen molar-refractivity contribution in [1.82, 2.24) is 4.90 Å². The average molecular weight is 360 g/mol. The Kier molecular flexibility index (Phi) is 9.53. The quantitative estimate of drug-likeness (QED) is 0.843. The van der Waals surface area contributed by atoms with Crippen LogP contribution < -0.4 is 0 Å². The molecule has 1 N–H and O–H groups in total. The van der Waals surface area contributed by atoms with Crippen molar-refractivity contribution < 1.29 is 5.11 Å². The van der Waals surface area contributed by atoms with E-state index in [1.807, 2.05) is 0 Å². The summed E-state index contributed by atoms with van der Waals surface area (Å²) in [4.78, 5) is 2.41. The molecule has 23 heavy (non-hydrogen) atoms. The predicted octanol–water partition coefficient (Wildman–Crippen LogP) is 4.68. The van der Waals surface area contributed by atoms with Gasteiger partial charge in [-0.15, -0.1) is 24.8 Å². The summed E-state index contributed by atoms with van der Waals surface area (Å²) in [6, 6.07) is 10.6. The molecular weight excluding hydrogens is 329 g/mol. The van der Waals surface area contributed by atoms with Crippen LogP contribution in [0.5, 0.6) is 0 Å². The first-order valence-electron chi connectivity index (χ1n) is 8.75. The van der Waals surface area contributed by atoms with Gasteiger partial charge in [0.2, 0.25) is 0 Å². The molecule has 0 radical (unpaired) electrons. The number of rotatable bonds is 4.